The van der Waals surface area contributed by atoms with E-state index in [1.54, 1.807) is 72.8 Å². The molecule has 3 aromatic carbocycles. The van der Waals surface area contributed by atoms with E-state index in [0.717, 1.165) is 11.1 Å². The summed E-state index contributed by atoms with van der Waals surface area (Å²) < 4.78 is 10.7. The molecule has 0 atom stereocenters. The van der Waals surface area contributed by atoms with E-state index in [1.165, 1.54) is 6.08 Å². The minimum Gasteiger partial charge on any atom is -0.482 e. The van der Waals surface area contributed by atoms with Gasteiger partial charge < -0.3 is 9.47 Å². The topological polar surface area (TPSA) is 52.6 Å². The Kier molecular flexibility index (Phi) is 7.28. The number of rotatable bonds is 7. The number of allylic oxidation sites excluding steroid dienone is 1. The van der Waals surface area contributed by atoms with Crippen LogP contribution >= 0.6 is 23.2 Å². The highest BCUT2D eigenvalue weighted by Crippen LogP contribution is 2.22. The first-order valence-corrected chi connectivity index (χ1v) is 9.84. The summed E-state index contributed by atoms with van der Waals surface area (Å²) in [5.74, 6) is 0.308. The van der Waals surface area contributed by atoms with Crippen LogP contribution in [0.4, 0.5) is 0 Å². The van der Waals surface area contributed by atoms with Gasteiger partial charge in [-0.25, -0.2) is 4.79 Å². The smallest absolute Gasteiger partial charge is 0.349 e. The molecule has 0 N–H and O–H groups in total. The zero-order valence-corrected chi connectivity index (χ0v) is 17.6. The van der Waals surface area contributed by atoms with Crippen molar-refractivity contribution in [3.05, 3.63) is 99.5 Å². The lowest BCUT2D eigenvalue weighted by Gasteiger charge is -2.09. The predicted octanol–water partition coefficient (Wildman–Crippen LogP) is 6.18. The maximum absolute atomic E-state index is 12.2. The molecule has 0 spiro atoms. The molecule has 0 aromatic heterocycles. The van der Waals surface area contributed by atoms with Gasteiger partial charge >= 0.3 is 5.97 Å². The average Bonchev–Trinajstić information content (AvgIpc) is 2.73. The van der Waals surface area contributed by atoms with Crippen molar-refractivity contribution in [3.8, 4) is 11.5 Å². The maximum Gasteiger partial charge on any atom is 0.349 e. The molecule has 0 saturated heterocycles. The fourth-order valence-corrected chi connectivity index (χ4v) is 2.95. The fourth-order valence-electron chi connectivity index (χ4n) is 2.60. The SMILES string of the molecule is Cc1cc(Cl)ccc1OCC(=O)Oc1ccc(/C=C/C(=O)c2ccc(Cl)cc2)cc1. The number of hydrogen-bond donors (Lipinski definition) is 0. The van der Waals surface area contributed by atoms with Crippen LogP contribution in [0.5, 0.6) is 11.5 Å². The molecule has 0 radical (unpaired) electrons. The Bertz CT molecular complexity index is 1070. The Morgan fingerprint density at radius 3 is 2.23 bits per heavy atom. The van der Waals surface area contributed by atoms with Crippen LogP contribution in [-0.2, 0) is 4.79 Å². The molecule has 0 aliphatic heterocycles. The zero-order valence-electron chi connectivity index (χ0n) is 16.1. The monoisotopic (exact) mass is 440 g/mol. The largest absolute Gasteiger partial charge is 0.482 e. The number of ether oxygens (including phenoxy) is 2. The Morgan fingerprint density at radius 1 is 0.900 bits per heavy atom. The molecule has 0 saturated carbocycles. The van der Waals surface area contributed by atoms with Crippen LogP contribution in [0.15, 0.2) is 72.8 Å². The van der Waals surface area contributed by atoms with E-state index in [0.29, 0.717) is 27.1 Å². The van der Waals surface area contributed by atoms with Gasteiger partial charge in [0.05, 0.1) is 0 Å². The minimum absolute atomic E-state index is 0.128. The molecule has 3 aromatic rings. The summed E-state index contributed by atoms with van der Waals surface area (Å²) in [6.07, 6.45) is 3.17. The Morgan fingerprint density at radius 2 is 1.57 bits per heavy atom. The van der Waals surface area contributed by atoms with E-state index < -0.39 is 5.97 Å². The summed E-state index contributed by atoms with van der Waals surface area (Å²) in [6, 6.07) is 18.6. The van der Waals surface area contributed by atoms with Crippen LogP contribution in [0.25, 0.3) is 6.08 Å². The summed E-state index contributed by atoms with van der Waals surface area (Å²) in [6.45, 7) is 1.62. The lowest BCUT2D eigenvalue weighted by molar-refractivity contribution is -0.136. The lowest BCUT2D eigenvalue weighted by atomic mass is 10.1. The molecule has 152 valence electrons. The van der Waals surface area contributed by atoms with Crippen LogP contribution in [-0.4, -0.2) is 18.4 Å². The quantitative estimate of drug-likeness (QED) is 0.190. The normalized spacial score (nSPS) is 10.8. The van der Waals surface area contributed by atoms with Gasteiger partial charge in [0, 0.05) is 15.6 Å². The highest BCUT2D eigenvalue weighted by molar-refractivity contribution is 6.31. The van der Waals surface area contributed by atoms with Gasteiger partial charge in [0.15, 0.2) is 12.4 Å². The van der Waals surface area contributed by atoms with Gasteiger partial charge in [0.2, 0.25) is 0 Å². The second kappa shape index (κ2) is 10.1. The van der Waals surface area contributed by atoms with Crippen molar-refractivity contribution in [2.75, 3.05) is 6.61 Å². The predicted molar refractivity (Wildman–Crippen MR) is 119 cm³/mol. The van der Waals surface area contributed by atoms with Gasteiger partial charge in [0.25, 0.3) is 0 Å². The first kappa shape index (κ1) is 21.6. The van der Waals surface area contributed by atoms with Crippen LogP contribution in [0.3, 0.4) is 0 Å². The van der Waals surface area contributed by atoms with E-state index in [9.17, 15) is 9.59 Å². The van der Waals surface area contributed by atoms with Crippen LogP contribution in [0, 0.1) is 6.92 Å². The van der Waals surface area contributed by atoms with Crippen molar-refractivity contribution in [2.45, 2.75) is 6.92 Å². The molecular formula is C24H18Cl2O4. The van der Waals surface area contributed by atoms with Crippen molar-refractivity contribution in [1.29, 1.82) is 0 Å². The molecule has 0 bridgehead atoms. The number of benzene rings is 3. The van der Waals surface area contributed by atoms with E-state index in [2.05, 4.69) is 0 Å². The zero-order chi connectivity index (χ0) is 21.5. The molecule has 6 heteroatoms. The summed E-state index contributed by atoms with van der Waals surface area (Å²) in [5, 5.41) is 1.18. The Labute approximate surface area is 184 Å². The van der Waals surface area contributed by atoms with Gasteiger partial charge in [0.1, 0.15) is 11.5 Å². The third-order valence-electron chi connectivity index (χ3n) is 4.15. The average molecular weight is 441 g/mol. The van der Waals surface area contributed by atoms with Gasteiger partial charge in [-0.3, -0.25) is 4.79 Å². The molecule has 0 unspecified atom stereocenters. The highest BCUT2D eigenvalue weighted by Gasteiger charge is 2.08. The summed E-state index contributed by atoms with van der Waals surface area (Å²) in [5.41, 5.74) is 2.18. The molecule has 4 nitrogen and oxygen atoms in total. The Hall–Kier alpha value is -3.08. The van der Waals surface area contributed by atoms with Crippen molar-refractivity contribution in [3.63, 3.8) is 0 Å². The summed E-state index contributed by atoms with van der Waals surface area (Å²) in [7, 11) is 0. The van der Waals surface area contributed by atoms with E-state index in [4.69, 9.17) is 32.7 Å². The van der Waals surface area contributed by atoms with Gasteiger partial charge in [-0.2, -0.15) is 0 Å². The number of esters is 1. The Balaban J connectivity index is 1.52. The molecule has 3 rings (SSSR count). The van der Waals surface area contributed by atoms with E-state index in [1.807, 2.05) is 6.92 Å². The van der Waals surface area contributed by atoms with Crippen molar-refractivity contribution >= 4 is 41.0 Å². The molecular weight excluding hydrogens is 423 g/mol. The van der Waals surface area contributed by atoms with Crippen molar-refractivity contribution in [2.24, 2.45) is 0 Å². The summed E-state index contributed by atoms with van der Waals surface area (Å²) >= 11 is 11.7. The first-order valence-electron chi connectivity index (χ1n) is 9.08. The van der Waals surface area contributed by atoms with Gasteiger partial charge in [-0.15, -0.1) is 0 Å². The fraction of sp³-hybridized carbons (Fsp3) is 0.0833. The maximum atomic E-state index is 12.2. The van der Waals surface area contributed by atoms with Crippen LogP contribution < -0.4 is 9.47 Å². The summed E-state index contributed by atoms with van der Waals surface area (Å²) in [4.78, 5) is 24.2. The third-order valence-corrected chi connectivity index (χ3v) is 4.64. The second-order valence-electron chi connectivity index (χ2n) is 6.45. The van der Waals surface area contributed by atoms with Gasteiger partial charge in [-0.1, -0.05) is 41.4 Å². The molecule has 0 fully saturated rings. The standard InChI is InChI=1S/C24H18Cl2O4/c1-16-14-20(26)9-13-23(16)29-15-24(28)30-21-10-2-17(3-11-21)4-12-22(27)18-5-7-19(25)8-6-18/h2-14H,15H2,1H3/b12-4+. The lowest BCUT2D eigenvalue weighted by Crippen LogP contribution is -2.18. The van der Waals surface area contributed by atoms with Crippen molar-refractivity contribution in [1.82, 2.24) is 0 Å². The van der Waals surface area contributed by atoms with Crippen molar-refractivity contribution < 1.29 is 19.1 Å². The number of hydrogen-bond acceptors (Lipinski definition) is 4. The highest BCUT2D eigenvalue weighted by atomic mass is 35.5. The number of ketones is 1. The number of carbonyl (C=O) groups is 2. The molecule has 0 heterocycles. The van der Waals surface area contributed by atoms with E-state index in [-0.39, 0.29) is 12.4 Å². The minimum atomic E-state index is -0.523. The molecule has 30 heavy (non-hydrogen) atoms. The third kappa shape index (κ3) is 6.21. The van der Waals surface area contributed by atoms with Crippen LogP contribution in [0.1, 0.15) is 21.5 Å². The molecule has 0 aliphatic rings. The van der Waals surface area contributed by atoms with E-state index >= 15 is 0 Å². The number of aryl methyl sites for hydroxylation is 1. The molecule has 0 aliphatic carbocycles. The number of halogens is 2. The first-order chi connectivity index (χ1) is 14.4. The van der Waals surface area contributed by atoms with Gasteiger partial charge in [-0.05, 0) is 78.7 Å². The second-order valence-corrected chi connectivity index (χ2v) is 7.32. The number of carbonyl (C=O) groups excluding carboxylic acids is 2. The molecule has 0 amide bonds. The van der Waals surface area contributed by atoms with Crippen LogP contribution in [0.2, 0.25) is 10.0 Å².